The fraction of sp³-hybridized carbons (Fsp3) is 0.444. The third-order valence-corrected chi connectivity index (χ3v) is 2.53. The van der Waals surface area contributed by atoms with Crippen LogP contribution in [0.1, 0.15) is 24.4 Å². The van der Waals surface area contributed by atoms with Crippen LogP contribution in [0.4, 0.5) is 0 Å². The van der Waals surface area contributed by atoms with Crippen LogP contribution in [0.3, 0.4) is 0 Å². The van der Waals surface area contributed by atoms with Crippen LogP contribution in [-0.2, 0) is 6.54 Å². The number of aryl methyl sites for hydroxylation is 1. The fourth-order valence-corrected chi connectivity index (χ4v) is 1.73. The number of nitrogens with one attached hydrogen (secondary N) is 2. The van der Waals surface area contributed by atoms with Gasteiger partial charge in [-0.2, -0.15) is 20.5 Å². The molecule has 17 heavy (non-hydrogen) atoms. The maximum Gasteiger partial charge on any atom is 0.162 e. The van der Waals surface area contributed by atoms with E-state index in [1.54, 1.807) is 24.2 Å². The second kappa shape index (κ2) is 4.93. The first-order chi connectivity index (χ1) is 8.31. The summed E-state index contributed by atoms with van der Waals surface area (Å²) in [7, 11) is 1.59. The van der Waals surface area contributed by atoms with Crippen LogP contribution in [0.2, 0.25) is 0 Å². The first kappa shape index (κ1) is 11.6. The minimum Gasteiger partial charge on any atom is -0.493 e. The Kier molecular flexibility index (Phi) is 3.35. The van der Waals surface area contributed by atoms with Crippen molar-refractivity contribution in [2.45, 2.75) is 19.5 Å². The Morgan fingerprint density at radius 3 is 2.94 bits per heavy atom. The summed E-state index contributed by atoms with van der Waals surface area (Å²) < 4.78 is 7.08. The first-order valence-electron chi connectivity index (χ1n) is 5.23. The number of hydrogen-bond donors (Lipinski definition) is 3. The van der Waals surface area contributed by atoms with E-state index in [9.17, 15) is 0 Å². The molecule has 0 amide bonds. The average Bonchev–Trinajstić information content (AvgIpc) is 2.99. The summed E-state index contributed by atoms with van der Waals surface area (Å²) in [5.41, 5.74) is 4.20. The topological polar surface area (TPSA) is 107 Å². The third kappa shape index (κ3) is 1.99. The molecule has 2 heterocycles. The lowest BCUT2D eigenvalue weighted by atomic mass is 10.1. The van der Waals surface area contributed by atoms with Crippen molar-refractivity contribution in [3.05, 3.63) is 23.8 Å². The molecule has 0 saturated carbocycles. The zero-order chi connectivity index (χ0) is 12.3. The van der Waals surface area contributed by atoms with E-state index < -0.39 is 0 Å². The highest BCUT2D eigenvalue weighted by Crippen LogP contribution is 2.27. The van der Waals surface area contributed by atoms with Gasteiger partial charge < -0.3 is 4.74 Å². The summed E-state index contributed by atoms with van der Waals surface area (Å²) in [4.78, 5) is 0. The first-order valence-corrected chi connectivity index (χ1v) is 5.23. The van der Waals surface area contributed by atoms with Gasteiger partial charge in [-0.15, -0.1) is 0 Å². The summed E-state index contributed by atoms with van der Waals surface area (Å²) in [6.45, 7) is 2.71. The van der Waals surface area contributed by atoms with Gasteiger partial charge in [-0.05, 0) is 6.92 Å². The number of hydrazine groups is 1. The molecule has 0 fully saturated rings. The minimum absolute atomic E-state index is 0.314. The van der Waals surface area contributed by atoms with Crippen molar-refractivity contribution in [3.8, 4) is 5.75 Å². The molecule has 2 aromatic heterocycles. The number of nitrogens with zero attached hydrogens (tertiary/aromatic N) is 4. The zero-order valence-electron chi connectivity index (χ0n) is 9.71. The second-order valence-electron chi connectivity index (χ2n) is 3.41. The monoisotopic (exact) mass is 237 g/mol. The van der Waals surface area contributed by atoms with Crippen molar-refractivity contribution in [3.63, 3.8) is 0 Å². The van der Waals surface area contributed by atoms with Crippen LogP contribution >= 0.6 is 0 Å². The fourth-order valence-electron chi connectivity index (χ4n) is 1.73. The van der Waals surface area contributed by atoms with Crippen molar-refractivity contribution in [2.75, 3.05) is 7.11 Å². The predicted molar refractivity (Wildman–Crippen MR) is 60.0 cm³/mol. The number of aromatic nitrogens is 5. The van der Waals surface area contributed by atoms with Crippen LogP contribution in [-0.4, -0.2) is 32.3 Å². The van der Waals surface area contributed by atoms with Gasteiger partial charge >= 0.3 is 0 Å². The molecule has 0 radical (unpaired) electrons. The highest BCUT2D eigenvalue weighted by Gasteiger charge is 2.24. The zero-order valence-corrected chi connectivity index (χ0v) is 9.71. The maximum absolute atomic E-state index is 5.57. The summed E-state index contributed by atoms with van der Waals surface area (Å²) in [5.74, 6) is 6.24. The van der Waals surface area contributed by atoms with Crippen molar-refractivity contribution in [2.24, 2.45) is 5.84 Å². The Hall–Kier alpha value is -1.93. The number of methoxy groups -OCH3 is 1. The molecule has 1 unspecified atom stereocenters. The number of hydrogen-bond acceptors (Lipinski definition) is 6. The van der Waals surface area contributed by atoms with Gasteiger partial charge in [-0.1, -0.05) is 0 Å². The molecule has 0 aliphatic heterocycles. The normalized spacial score (nSPS) is 12.6. The van der Waals surface area contributed by atoms with Gasteiger partial charge in [0.15, 0.2) is 5.75 Å². The number of H-pyrrole nitrogens is 1. The lowest BCUT2D eigenvalue weighted by molar-refractivity contribution is 0.398. The molecule has 8 nitrogen and oxygen atoms in total. The standard InChI is InChI=1S/C9H15N7O/c1-3-16-9(7(17-2)5-12-16)8(13-10)6-4-11-15-14-6/h4-5,8,13H,3,10H2,1-2H3,(H,11,14,15). The van der Waals surface area contributed by atoms with Crippen LogP contribution in [0.25, 0.3) is 0 Å². The third-order valence-electron chi connectivity index (χ3n) is 2.53. The lowest BCUT2D eigenvalue weighted by Gasteiger charge is -2.16. The smallest absolute Gasteiger partial charge is 0.162 e. The van der Waals surface area contributed by atoms with E-state index in [1.165, 1.54) is 0 Å². The SMILES string of the molecule is CCn1ncc(OC)c1C(NN)c1cn[nH]n1. The Balaban J connectivity index is 2.46. The summed E-state index contributed by atoms with van der Waals surface area (Å²) in [5, 5.41) is 14.6. The molecule has 8 heteroatoms. The molecule has 2 rings (SSSR count). The molecule has 0 aliphatic carbocycles. The van der Waals surface area contributed by atoms with Crippen molar-refractivity contribution < 1.29 is 4.74 Å². The molecule has 0 aromatic carbocycles. The van der Waals surface area contributed by atoms with Gasteiger partial charge in [-0.25, -0.2) is 5.43 Å². The highest BCUT2D eigenvalue weighted by molar-refractivity contribution is 5.32. The van der Waals surface area contributed by atoms with E-state index in [1.807, 2.05) is 6.92 Å². The van der Waals surface area contributed by atoms with Crippen molar-refractivity contribution in [1.29, 1.82) is 0 Å². The molecule has 0 aliphatic rings. The predicted octanol–water partition coefficient (Wildman–Crippen LogP) is -0.418. The molecule has 4 N–H and O–H groups in total. The number of aromatic amines is 1. The summed E-state index contributed by atoms with van der Waals surface area (Å²) in [6, 6.07) is -0.314. The Bertz CT molecular complexity index is 442. The number of ether oxygens (including phenoxy) is 1. The Labute approximate surface area is 98.1 Å². The molecule has 92 valence electrons. The van der Waals surface area contributed by atoms with E-state index in [0.29, 0.717) is 18.0 Å². The quantitative estimate of drug-likeness (QED) is 0.482. The lowest BCUT2D eigenvalue weighted by Crippen LogP contribution is -2.31. The highest BCUT2D eigenvalue weighted by atomic mass is 16.5. The summed E-state index contributed by atoms with van der Waals surface area (Å²) >= 11 is 0. The number of rotatable bonds is 5. The Morgan fingerprint density at radius 2 is 2.41 bits per heavy atom. The van der Waals surface area contributed by atoms with Gasteiger partial charge in [0.25, 0.3) is 0 Å². The molecule has 0 bridgehead atoms. The van der Waals surface area contributed by atoms with Crippen LogP contribution in [0.5, 0.6) is 5.75 Å². The van der Waals surface area contributed by atoms with Crippen LogP contribution < -0.4 is 16.0 Å². The van der Waals surface area contributed by atoms with E-state index in [-0.39, 0.29) is 6.04 Å². The molecular formula is C9H15N7O. The second-order valence-corrected chi connectivity index (χ2v) is 3.41. The molecular weight excluding hydrogens is 222 g/mol. The van der Waals surface area contributed by atoms with Gasteiger partial charge in [0.05, 0.1) is 19.5 Å². The van der Waals surface area contributed by atoms with Gasteiger partial charge in [0, 0.05) is 6.54 Å². The minimum atomic E-state index is -0.314. The van der Waals surface area contributed by atoms with Gasteiger partial charge in [-0.3, -0.25) is 10.5 Å². The molecule has 2 aromatic rings. The maximum atomic E-state index is 5.57. The van der Waals surface area contributed by atoms with E-state index in [0.717, 1.165) is 5.69 Å². The van der Waals surface area contributed by atoms with Crippen LogP contribution in [0, 0.1) is 0 Å². The Morgan fingerprint density at radius 1 is 1.59 bits per heavy atom. The largest absolute Gasteiger partial charge is 0.493 e. The van der Waals surface area contributed by atoms with E-state index in [4.69, 9.17) is 10.6 Å². The number of nitrogens with two attached hydrogens (primary N) is 1. The van der Waals surface area contributed by atoms with E-state index in [2.05, 4.69) is 25.9 Å². The van der Waals surface area contributed by atoms with Crippen molar-refractivity contribution >= 4 is 0 Å². The molecule has 0 spiro atoms. The molecule has 0 saturated heterocycles. The van der Waals surface area contributed by atoms with Gasteiger partial charge in [0.2, 0.25) is 0 Å². The van der Waals surface area contributed by atoms with E-state index >= 15 is 0 Å². The van der Waals surface area contributed by atoms with Crippen molar-refractivity contribution in [1.82, 2.24) is 30.6 Å². The molecule has 1 atom stereocenters. The van der Waals surface area contributed by atoms with Crippen LogP contribution in [0.15, 0.2) is 12.4 Å². The van der Waals surface area contributed by atoms with Gasteiger partial charge in [0.1, 0.15) is 17.4 Å². The average molecular weight is 237 g/mol. The summed E-state index contributed by atoms with van der Waals surface area (Å²) in [6.07, 6.45) is 3.26.